The van der Waals surface area contributed by atoms with Gasteiger partial charge in [-0.2, -0.15) is 0 Å². The third-order valence-electron chi connectivity index (χ3n) is 6.47. The molecule has 0 N–H and O–H groups in total. The van der Waals surface area contributed by atoms with Gasteiger partial charge < -0.3 is 9.47 Å². The molecule has 4 saturated heterocycles. The van der Waals surface area contributed by atoms with E-state index in [9.17, 15) is 0 Å². The van der Waals surface area contributed by atoms with Crippen LogP contribution in [0, 0.1) is 17.8 Å². The molecule has 136 valence electrons. The highest BCUT2D eigenvalue weighted by Crippen LogP contribution is 2.64. The summed E-state index contributed by atoms with van der Waals surface area (Å²) in [7, 11) is 0. The topological polar surface area (TPSA) is 36.9 Å². The number of fused-ring (bicyclic) bond motifs is 2. The highest BCUT2D eigenvalue weighted by Gasteiger charge is 2.72. The molecule has 2 bridgehead atoms. The Hall–Kier alpha value is 0.410. The van der Waals surface area contributed by atoms with Crippen molar-refractivity contribution in [2.24, 2.45) is 17.8 Å². The number of hydrogen-bond acceptors (Lipinski definition) is 5. The molecule has 8 atom stereocenters. The minimum Gasteiger partial charge on any atom is -0.334 e. The Balaban J connectivity index is 1.76. The molecule has 24 heavy (non-hydrogen) atoms. The quantitative estimate of drug-likeness (QED) is 0.379. The number of halogens is 1. The van der Waals surface area contributed by atoms with Crippen LogP contribution in [0.2, 0.25) is 0 Å². The zero-order chi connectivity index (χ0) is 17.2. The van der Waals surface area contributed by atoms with Crippen molar-refractivity contribution >= 4 is 27.7 Å². The molecular formula is C18H27BrO4S. The molecule has 6 heteroatoms. The molecule has 1 aliphatic carbocycles. The fraction of sp³-hybridized carbons (Fsp3) is 0.889. The van der Waals surface area contributed by atoms with Crippen LogP contribution in [0.15, 0.2) is 12.7 Å². The summed E-state index contributed by atoms with van der Waals surface area (Å²) in [5.74, 6) is 1.42. The van der Waals surface area contributed by atoms with Gasteiger partial charge in [-0.3, -0.25) is 0 Å². The Bertz CT molecular complexity index is 529. The molecule has 1 spiro atoms. The smallest absolute Gasteiger partial charge is 0.201 e. The van der Waals surface area contributed by atoms with Gasteiger partial charge in [-0.25, -0.2) is 9.78 Å². The Kier molecular flexibility index (Phi) is 4.42. The summed E-state index contributed by atoms with van der Waals surface area (Å²) >= 11 is 5.79. The molecule has 5 rings (SSSR count). The van der Waals surface area contributed by atoms with Crippen molar-refractivity contribution in [2.45, 2.75) is 73.9 Å². The molecule has 2 unspecified atom stereocenters. The molecule has 4 nitrogen and oxygen atoms in total. The van der Waals surface area contributed by atoms with Gasteiger partial charge in [0.1, 0.15) is 5.44 Å². The van der Waals surface area contributed by atoms with Crippen LogP contribution >= 0.6 is 27.7 Å². The monoisotopic (exact) mass is 418 g/mol. The summed E-state index contributed by atoms with van der Waals surface area (Å²) in [6, 6.07) is 0. The minimum absolute atomic E-state index is 0.00303. The molecule has 0 aromatic heterocycles. The molecule has 1 saturated carbocycles. The lowest BCUT2D eigenvalue weighted by Gasteiger charge is -2.62. The van der Waals surface area contributed by atoms with E-state index < -0.39 is 11.4 Å². The molecule has 0 radical (unpaired) electrons. The highest BCUT2D eigenvalue weighted by molar-refractivity contribution is 9.10. The molecular weight excluding hydrogens is 392 g/mol. The summed E-state index contributed by atoms with van der Waals surface area (Å²) in [5, 5.41) is 0. The van der Waals surface area contributed by atoms with Gasteiger partial charge in [0.05, 0.1) is 4.32 Å². The SMILES string of the molecule is C=CCSC1O[C@@H]2O[C@@]3(C)CC[C@H]4[C@H](C)CC[C@@H](C1(C)Br)[C@@]24OO3. The van der Waals surface area contributed by atoms with E-state index >= 15 is 0 Å². The van der Waals surface area contributed by atoms with Crippen LogP contribution in [-0.2, 0) is 19.2 Å². The van der Waals surface area contributed by atoms with E-state index in [2.05, 4.69) is 36.4 Å². The van der Waals surface area contributed by atoms with Gasteiger partial charge in [0.2, 0.25) is 5.79 Å². The second kappa shape index (κ2) is 5.96. The van der Waals surface area contributed by atoms with Gasteiger partial charge in [0.15, 0.2) is 11.9 Å². The van der Waals surface area contributed by atoms with Crippen LogP contribution in [0.4, 0.5) is 0 Å². The lowest BCUT2D eigenvalue weighted by Crippen LogP contribution is -2.73. The number of rotatable bonds is 3. The number of thioether (sulfide) groups is 1. The number of ether oxygens (including phenoxy) is 2. The van der Waals surface area contributed by atoms with Crippen molar-refractivity contribution < 1.29 is 19.2 Å². The lowest BCUT2D eigenvalue weighted by atomic mass is 9.58. The van der Waals surface area contributed by atoms with E-state index in [1.165, 1.54) is 6.42 Å². The van der Waals surface area contributed by atoms with E-state index in [1.807, 2.05) is 13.0 Å². The van der Waals surface area contributed by atoms with Gasteiger partial charge >= 0.3 is 0 Å². The Labute approximate surface area is 157 Å². The van der Waals surface area contributed by atoms with E-state index in [4.69, 9.17) is 19.2 Å². The summed E-state index contributed by atoms with van der Waals surface area (Å²) in [6.07, 6.45) is 5.76. The van der Waals surface area contributed by atoms with Crippen molar-refractivity contribution in [1.82, 2.24) is 0 Å². The maximum absolute atomic E-state index is 6.50. The average molecular weight is 419 g/mol. The Morgan fingerprint density at radius 1 is 1.25 bits per heavy atom. The number of hydrogen-bond donors (Lipinski definition) is 0. The van der Waals surface area contributed by atoms with E-state index in [0.717, 1.165) is 25.0 Å². The van der Waals surface area contributed by atoms with E-state index in [0.29, 0.717) is 11.8 Å². The molecule has 4 aliphatic heterocycles. The summed E-state index contributed by atoms with van der Waals surface area (Å²) in [4.78, 5) is 12.0. The summed E-state index contributed by atoms with van der Waals surface area (Å²) in [6.45, 7) is 10.4. The van der Waals surface area contributed by atoms with Crippen molar-refractivity contribution in [3.8, 4) is 0 Å². The normalized spacial score (nSPS) is 56.4. The molecule has 4 heterocycles. The Morgan fingerprint density at radius 3 is 2.79 bits per heavy atom. The molecule has 5 fully saturated rings. The maximum atomic E-state index is 6.50. The van der Waals surface area contributed by atoms with Crippen molar-refractivity contribution in [2.75, 3.05) is 5.75 Å². The predicted molar refractivity (Wildman–Crippen MR) is 97.7 cm³/mol. The predicted octanol–water partition coefficient (Wildman–Crippen LogP) is 4.63. The third kappa shape index (κ3) is 2.40. The first kappa shape index (κ1) is 17.8. The summed E-state index contributed by atoms with van der Waals surface area (Å²) in [5.41, 5.74) is -0.520. The van der Waals surface area contributed by atoms with Gasteiger partial charge in [0, 0.05) is 18.1 Å². The van der Waals surface area contributed by atoms with Crippen molar-refractivity contribution in [3.63, 3.8) is 0 Å². The van der Waals surface area contributed by atoms with Crippen molar-refractivity contribution in [3.05, 3.63) is 12.7 Å². The fourth-order valence-electron chi connectivity index (χ4n) is 5.21. The average Bonchev–Trinajstić information content (AvgIpc) is 2.75. The Morgan fingerprint density at radius 2 is 2.04 bits per heavy atom. The van der Waals surface area contributed by atoms with E-state index in [-0.39, 0.29) is 22.0 Å². The van der Waals surface area contributed by atoms with Crippen LogP contribution in [0.5, 0.6) is 0 Å². The third-order valence-corrected chi connectivity index (χ3v) is 9.08. The fourth-order valence-corrected chi connectivity index (χ4v) is 7.28. The molecule has 5 aliphatic rings. The zero-order valence-electron chi connectivity index (χ0n) is 14.6. The van der Waals surface area contributed by atoms with Gasteiger partial charge in [-0.1, -0.05) is 28.9 Å². The van der Waals surface area contributed by atoms with Crippen molar-refractivity contribution in [1.29, 1.82) is 0 Å². The van der Waals surface area contributed by atoms with Gasteiger partial charge in [-0.15, -0.1) is 18.3 Å². The first-order chi connectivity index (χ1) is 11.3. The molecule has 0 aromatic rings. The standard InChI is InChI=1S/C18H27BrO4S/c1-5-10-24-15-17(4,19)13-7-6-11(2)12-8-9-16(3)21-14(20-15)18(12,13)23-22-16/h5,11-15H,1,6-10H2,2-4H3/t11-,12+,13+,14-,15?,16-,17?,18-/m1/s1. The first-order valence-electron chi connectivity index (χ1n) is 8.95. The molecule has 0 aromatic carbocycles. The van der Waals surface area contributed by atoms with Gasteiger partial charge in [0.25, 0.3) is 0 Å². The highest BCUT2D eigenvalue weighted by atomic mass is 79.9. The van der Waals surface area contributed by atoms with Crippen LogP contribution in [0.25, 0.3) is 0 Å². The van der Waals surface area contributed by atoms with Crippen LogP contribution in [0.1, 0.15) is 46.5 Å². The second-order valence-corrected chi connectivity index (χ2v) is 10.9. The van der Waals surface area contributed by atoms with Gasteiger partial charge in [-0.05, 0) is 44.9 Å². The largest absolute Gasteiger partial charge is 0.334 e. The lowest BCUT2D eigenvalue weighted by molar-refractivity contribution is -0.566. The first-order valence-corrected chi connectivity index (χ1v) is 10.8. The second-order valence-electron chi connectivity index (χ2n) is 8.10. The van der Waals surface area contributed by atoms with Crippen LogP contribution < -0.4 is 0 Å². The molecule has 0 amide bonds. The number of alkyl halides is 1. The van der Waals surface area contributed by atoms with Crippen LogP contribution in [-0.4, -0.2) is 33.2 Å². The van der Waals surface area contributed by atoms with E-state index in [1.54, 1.807) is 11.8 Å². The zero-order valence-corrected chi connectivity index (χ0v) is 17.0. The van der Waals surface area contributed by atoms with Crippen LogP contribution in [0.3, 0.4) is 0 Å². The summed E-state index contributed by atoms with van der Waals surface area (Å²) < 4.78 is 12.7. The maximum Gasteiger partial charge on any atom is 0.201 e. The minimum atomic E-state index is -0.703.